The molecule has 1 fully saturated rings. The predicted molar refractivity (Wildman–Crippen MR) is 72.2 cm³/mol. The van der Waals surface area contributed by atoms with E-state index in [2.05, 4.69) is 49.1 Å². The summed E-state index contributed by atoms with van der Waals surface area (Å²) in [5, 5.41) is 7.54. The maximum absolute atomic E-state index is 5.41. The Bertz CT molecular complexity index is 377. The smallest absolute Gasteiger partial charge is 0.151 e. The fraction of sp³-hybridized carbons (Fsp3) is 0.786. The van der Waals surface area contributed by atoms with Gasteiger partial charge in [0.25, 0.3) is 0 Å². The van der Waals surface area contributed by atoms with E-state index in [-0.39, 0.29) is 5.54 Å². The highest BCUT2D eigenvalue weighted by atomic mass is 16.5. The lowest BCUT2D eigenvalue weighted by molar-refractivity contribution is 0.231. The summed E-state index contributed by atoms with van der Waals surface area (Å²) in [6, 6.07) is 2.85. The summed E-state index contributed by atoms with van der Waals surface area (Å²) < 4.78 is 5.41. The van der Waals surface area contributed by atoms with Gasteiger partial charge in [-0.3, -0.25) is 4.90 Å². The molecule has 4 heteroatoms. The fourth-order valence-electron chi connectivity index (χ4n) is 2.01. The zero-order valence-electron chi connectivity index (χ0n) is 12.0. The minimum absolute atomic E-state index is 0.114. The van der Waals surface area contributed by atoms with E-state index in [9.17, 15) is 0 Å². The van der Waals surface area contributed by atoms with Crippen LogP contribution in [0.5, 0.6) is 0 Å². The van der Waals surface area contributed by atoms with Crippen LogP contribution >= 0.6 is 0 Å². The SMILES string of the molecule is CCN(Cc1cc(CNC(C)(C)C)no1)C1CC1. The van der Waals surface area contributed by atoms with Crippen LogP contribution in [0.3, 0.4) is 0 Å². The van der Waals surface area contributed by atoms with Crippen LogP contribution in [0.25, 0.3) is 0 Å². The molecule has 1 heterocycles. The monoisotopic (exact) mass is 251 g/mol. The topological polar surface area (TPSA) is 41.3 Å². The zero-order chi connectivity index (χ0) is 13.2. The molecule has 0 amide bonds. The van der Waals surface area contributed by atoms with Crippen molar-refractivity contribution in [3.05, 3.63) is 17.5 Å². The highest BCUT2D eigenvalue weighted by Gasteiger charge is 2.28. The quantitative estimate of drug-likeness (QED) is 0.843. The molecule has 4 nitrogen and oxygen atoms in total. The van der Waals surface area contributed by atoms with E-state index in [1.165, 1.54) is 12.8 Å². The summed E-state index contributed by atoms with van der Waals surface area (Å²) in [4.78, 5) is 2.46. The molecule has 1 aromatic heterocycles. The minimum Gasteiger partial charge on any atom is -0.360 e. The van der Waals surface area contributed by atoms with Crippen LogP contribution in [-0.4, -0.2) is 28.2 Å². The van der Waals surface area contributed by atoms with Crippen molar-refractivity contribution in [1.82, 2.24) is 15.4 Å². The average molecular weight is 251 g/mol. The van der Waals surface area contributed by atoms with Gasteiger partial charge < -0.3 is 9.84 Å². The summed E-state index contributed by atoms with van der Waals surface area (Å²) in [6.07, 6.45) is 2.67. The van der Waals surface area contributed by atoms with Crippen molar-refractivity contribution in [2.24, 2.45) is 0 Å². The molecule has 1 aromatic rings. The van der Waals surface area contributed by atoms with Gasteiger partial charge >= 0.3 is 0 Å². The number of rotatable bonds is 6. The lowest BCUT2D eigenvalue weighted by Gasteiger charge is -2.19. The van der Waals surface area contributed by atoms with Crippen molar-refractivity contribution in [1.29, 1.82) is 0 Å². The van der Waals surface area contributed by atoms with Crippen LogP contribution in [0, 0.1) is 0 Å². The largest absolute Gasteiger partial charge is 0.360 e. The van der Waals surface area contributed by atoms with Crippen molar-refractivity contribution in [2.45, 2.75) is 65.2 Å². The molecule has 1 aliphatic rings. The van der Waals surface area contributed by atoms with Crippen molar-refractivity contribution in [3.63, 3.8) is 0 Å². The van der Waals surface area contributed by atoms with Gasteiger partial charge in [0.2, 0.25) is 0 Å². The van der Waals surface area contributed by atoms with E-state index in [1.54, 1.807) is 0 Å². The standard InChI is InChI=1S/C14H25N3O/c1-5-17(12-6-7-12)10-13-8-11(16-18-13)9-15-14(2,3)4/h8,12,15H,5-7,9-10H2,1-4H3. The second-order valence-electron chi connectivity index (χ2n) is 6.18. The third-order valence-electron chi connectivity index (χ3n) is 3.24. The van der Waals surface area contributed by atoms with Gasteiger partial charge in [0.05, 0.1) is 12.2 Å². The van der Waals surface area contributed by atoms with Gasteiger partial charge in [-0.05, 0) is 40.2 Å². The summed E-state index contributed by atoms with van der Waals surface area (Å²) >= 11 is 0. The van der Waals surface area contributed by atoms with Gasteiger partial charge in [0.1, 0.15) is 0 Å². The molecule has 0 aromatic carbocycles. The van der Waals surface area contributed by atoms with Crippen LogP contribution in [-0.2, 0) is 13.1 Å². The van der Waals surface area contributed by atoms with E-state index in [0.29, 0.717) is 0 Å². The summed E-state index contributed by atoms with van der Waals surface area (Å²) in [5.74, 6) is 0.981. The average Bonchev–Trinajstić information content (AvgIpc) is 3.03. The Morgan fingerprint density at radius 3 is 2.72 bits per heavy atom. The number of nitrogens with zero attached hydrogens (tertiary/aromatic N) is 2. The molecule has 0 bridgehead atoms. The Morgan fingerprint density at radius 2 is 2.17 bits per heavy atom. The summed E-state index contributed by atoms with van der Waals surface area (Å²) in [7, 11) is 0. The molecule has 0 radical (unpaired) electrons. The van der Waals surface area contributed by atoms with E-state index in [1.807, 2.05) is 0 Å². The molecule has 1 N–H and O–H groups in total. The lowest BCUT2D eigenvalue weighted by atomic mass is 10.1. The highest BCUT2D eigenvalue weighted by Crippen LogP contribution is 2.27. The molecule has 1 aliphatic carbocycles. The molecule has 102 valence electrons. The van der Waals surface area contributed by atoms with E-state index < -0.39 is 0 Å². The van der Waals surface area contributed by atoms with Gasteiger partial charge in [-0.1, -0.05) is 12.1 Å². The van der Waals surface area contributed by atoms with Crippen molar-refractivity contribution >= 4 is 0 Å². The molecule has 0 saturated heterocycles. The van der Waals surface area contributed by atoms with Gasteiger partial charge in [-0.25, -0.2) is 0 Å². The third-order valence-corrected chi connectivity index (χ3v) is 3.24. The Hall–Kier alpha value is -0.870. The molecular formula is C14H25N3O. The third kappa shape index (κ3) is 4.10. The second-order valence-corrected chi connectivity index (χ2v) is 6.18. The number of hydrogen-bond donors (Lipinski definition) is 1. The second kappa shape index (κ2) is 5.41. The molecule has 0 atom stereocenters. The van der Waals surface area contributed by atoms with Crippen LogP contribution in [0.2, 0.25) is 0 Å². The number of nitrogens with one attached hydrogen (secondary N) is 1. The first-order valence-corrected chi connectivity index (χ1v) is 6.91. The zero-order valence-corrected chi connectivity index (χ0v) is 12.0. The van der Waals surface area contributed by atoms with Crippen LogP contribution in [0.1, 0.15) is 52.0 Å². The number of hydrogen-bond acceptors (Lipinski definition) is 4. The Kier molecular flexibility index (Phi) is 4.07. The van der Waals surface area contributed by atoms with E-state index in [0.717, 1.165) is 37.1 Å². The van der Waals surface area contributed by atoms with Gasteiger partial charge in [-0.15, -0.1) is 0 Å². The summed E-state index contributed by atoms with van der Waals surface area (Å²) in [6.45, 7) is 11.4. The van der Waals surface area contributed by atoms with Crippen molar-refractivity contribution in [3.8, 4) is 0 Å². The number of aromatic nitrogens is 1. The van der Waals surface area contributed by atoms with E-state index >= 15 is 0 Å². The maximum Gasteiger partial charge on any atom is 0.151 e. The van der Waals surface area contributed by atoms with Gasteiger partial charge in [-0.2, -0.15) is 0 Å². The highest BCUT2D eigenvalue weighted by molar-refractivity contribution is 5.06. The van der Waals surface area contributed by atoms with Crippen LogP contribution < -0.4 is 5.32 Å². The molecule has 0 unspecified atom stereocenters. The van der Waals surface area contributed by atoms with Crippen LogP contribution in [0.15, 0.2) is 10.6 Å². The van der Waals surface area contributed by atoms with E-state index in [4.69, 9.17) is 4.52 Å². The Labute approximate surface area is 110 Å². The first-order valence-electron chi connectivity index (χ1n) is 6.91. The normalized spacial score (nSPS) is 16.5. The summed E-state index contributed by atoms with van der Waals surface area (Å²) in [5.41, 5.74) is 1.11. The first kappa shape index (κ1) is 13.6. The van der Waals surface area contributed by atoms with Crippen molar-refractivity contribution in [2.75, 3.05) is 6.54 Å². The van der Waals surface area contributed by atoms with Gasteiger partial charge in [0, 0.05) is 24.2 Å². The lowest BCUT2D eigenvalue weighted by Crippen LogP contribution is -2.35. The minimum atomic E-state index is 0.114. The van der Waals surface area contributed by atoms with Crippen molar-refractivity contribution < 1.29 is 4.52 Å². The molecule has 2 rings (SSSR count). The van der Waals surface area contributed by atoms with Crippen LogP contribution in [0.4, 0.5) is 0 Å². The molecule has 1 saturated carbocycles. The fourth-order valence-corrected chi connectivity index (χ4v) is 2.01. The predicted octanol–water partition coefficient (Wildman–Crippen LogP) is 2.55. The Morgan fingerprint density at radius 1 is 1.44 bits per heavy atom. The first-order chi connectivity index (χ1) is 8.48. The molecular weight excluding hydrogens is 226 g/mol. The molecule has 0 aliphatic heterocycles. The van der Waals surface area contributed by atoms with Gasteiger partial charge in [0.15, 0.2) is 5.76 Å². The molecule has 18 heavy (non-hydrogen) atoms. The Balaban J connectivity index is 1.85. The maximum atomic E-state index is 5.41. The molecule has 0 spiro atoms.